The highest BCUT2D eigenvalue weighted by molar-refractivity contribution is 6.32. The molecule has 1 saturated heterocycles. The van der Waals surface area contributed by atoms with Gasteiger partial charge in [0, 0.05) is 5.02 Å². The van der Waals surface area contributed by atoms with E-state index in [-0.39, 0.29) is 5.91 Å². The quantitative estimate of drug-likeness (QED) is 0.849. The first-order valence-electron chi connectivity index (χ1n) is 5.94. The number of amides is 1. The van der Waals surface area contributed by atoms with Crippen LogP contribution in [0.2, 0.25) is 5.02 Å². The molecule has 0 unspecified atom stereocenters. The average Bonchev–Trinajstić information content (AvgIpc) is 2.89. The van der Waals surface area contributed by atoms with Gasteiger partial charge in [0.2, 0.25) is 0 Å². The van der Waals surface area contributed by atoms with Crippen LogP contribution in [0.5, 0.6) is 0 Å². The molecule has 0 N–H and O–H groups in total. The number of carbonyl (C=O) groups is 1. The van der Waals surface area contributed by atoms with Crippen molar-refractivity contribution in [2.24, 2.45) is 5.41 Å². The van der Waals surface area contributed by atoms with Gasteiger partial charge in [-0.05, 0) is 31.5 Å². The van der Waals surface area contributed by atoms with Crippen molar-refractivity contribution in [3.05, 3.63) is 29.1 Å². The summed E-state index contributed by atoms with van der Waals surface area (Å²) >= 11 is 6.18. The number of aromatic nitrogens is 1. The van der Waals surface area contributed by atoms with Crippen molar-refractivity contribution in [2.45, 2.75) is 20.4 Å². The zero-order chi connectivity index (χ0) is 13.6. The van der Waals surface area contributed by atoms with Crippen molar-refractivity contribution in [1.29, 1.82) is 0 Å². The Morgan fingerprint density at radius 3 is 2.95 bits per heavy atom. The number of hydrogen-bond acceptors (Lipinski definition) is 4. The van der Waals surface area contributed by atoms with E-state index in [4.69, 9.17) is 20.9 Å². The fraction of sp³-hybridized carbons (Fsp3) is 0.385. The van der Waals surface area contributed by atoms with Crippen LogP contribution in [0.1, 0.15) is 19.4 Å². The molecule has 1 amide bonds. The van der Waals surface area contributed by atoms with E-state index in [1.165, 1.54) is 11.5 Å². The molecule has 1 aliphatic rings. The molecule has 3 rings (SSSR count). The van der Waals surface area contributed by atoms with Gasteiger partial charge in [-0.1, -0.05) is 11.6 Å². The molecule has 5 nitrogen and oxygen atoms in total. The molecular weight excluding hydrogens is 268 g/mol. The fourth-order valence-corrected chi connectivity index (χ4v) is 2.23. The number of carbonyl (C=O) groups excluding carboxylic acids is 1. The van der Waals surface area contributed by atoms with Crippen molar-refractivity contribution in [3.8, 4) is 0 Å². The molecule has 0 aliphatic carbocycles. The van der Waals surface area contributed by atoms with E-state index in [0.29, 0.717) is 29.3 Å². The van der Waals surface area contributed by atoms with Crippen molar-refractivity contribution in [2.75, 3.05) is 6.61 Å². The van der Waals surface area contributed by atoms with Crippen LogP contribution in [0.4, 0.5) is 0 Å². The lowest BCUT2D eigenvalue weighted by Gasteiger charge is -2.17. The third-order valence-electron chi connectivity index (χ3n) is 3.20. The molecule has 1 aromatic carbocycles. The minimum absolute atomic E-state index is 0.0405. The summed E-state index contributed by atoms with van der Waals surface area (Å²) in [6, 6.07) is 3.51. The summed E-state index contributed by atoms with van der Waals surface area (Å²) < 4.78 is 5.23. The van der Waals surface area contributed by atoms with E-state index >= 15 is 0 Å². The third kappa shape index (κ3) is 2.09. The van der Waals surface area contributed by atoms with Crippen LogP contribution < -0.4 is 0 Å². The van der Waals surface area contributed by atoms with Crippen LogP contribution in [-0.4, -0.2) is 22.6 Å². The van der Waals surface area contributed by atoms with Crippen LogP contribution in [-0.2, 0) is 16.2 Å². The highest BCUT2D eigenvalue weighted by atomic mass is 35.5. The van der Waals surface area contributed by atoms with Crippen molar-refractivity contribution in [3.63, 3.8) is 0 Å². The van der Waals surface area contributed by atoms with E-state index in [1.54, 1.807) is 12.1 Å². The van der Waals surface area contributed by atoms with Gasteiger partial charge in [-0.2, -0.15) is 0 Å². The molecular formula is C13H13ClN2O3. The Labute approximate surface area is 115 Å². The predicted molar refractivity (Wildman–Crippen MR) is 69.3 cm³/mol. The number of nitrogens with zero attached hydrogens (tertiary/aromatic N) is 2. The summed E-state index contributed by atoms with van der Waals surface area (Å²) in [5.74, 6) is -0.0405. The topological polar surface area (TPSA) is 55.6 Å². The molecule has 1 fully saturated rings. The largest absolute Gasteiger partial charge is 0.443 e. The normalized spacial score (nSPS) is 18.5. The summed E-state index contributed by atoms with van der Waals surface area (Å²) in [5, 5.41) is 1.89. The van der Waals surface area contributed by atoms with Gasteiger partial charge in [0.15, 0.2) is 12.0 Å². The minimum Gasteiger partial charge on any atom is -0.443 e. The van der Waals surface area contributed by atoms with E-state index in [2.05, 4.69) is 4.98 Å². The highest BCUT2D eigenvalue weighted by Gasteiger charge is 2.40. The van der Waals surface area contributed by atoms with Gasteiger partial charge in [-0.25, -0.2) is 10.0 Å². The summed E-state index contributed by atoms with van der Waals surface area (Å²) in [7, 11) is 0. The van der Waals surface area contributed by atoms with Gasteiger partial charge in [0.25, 0.3) is 5.91 Å². The van der Waals surface area contributed by atoms with Crippen molar-refractivity contribution < 1.29 is 14.0 Å². The molecule has 0 atom stereocenters. The lowest BCUT2D eigenvalue weighted by Crippen LogP contribution is -2.30. The summed E-state index contributed by atoms with van der Waals surface area (Å²) in [6.07, 6.45) is 1.37. The highest BCUT2D eigenvalue weighted by Crippen LogP contribution is 2.30. The lowest BCUT2D eigenvalue weighted by molar-refractivity contribution is -0.165. The Hall–Kier alpha value is -1.59. The Morgan fingerprint density at radius 2 is 2.26 bits per heavy atom. The third-order valence-corrected chi connectivity index (χ3v) is 3.55. The molecule has 0 radical (unpaired) electrons. The number of benzene rings is 1. The lowest BCUT2D eigenvalue weighted by atomic mass is 9.95. The molecule has 2 heterocycles. The SMILES string of the molecule is CC1(C)CON(Cc2cc3ocnc3cc2Cl)C1=O. The molecule has 2 aromatic rings. The predicted octanol–water partition coefficient (Wildman–Crippen LogP) is 2.78. The Kier molecular flexibility index (Phi) is 2.76. The maximum Gasteiger partial charge on any atom is 0.254 e. The van der Waals surface area contributed by atoms with Crippen LogP contribution in [0.25, 0.3) is 11.1 Å². The van der Waals surface area contributed by atoms with E-state index < -0.39 is 5.41 Å². The van der Waals surface area contributed by atoms with Gasteiger partial charge >= 0.3 is 0 Å². The first-order chi connectivity index (χ1) is 8.97. The van der Waals surface area contributed by atoms with E-state index in [1.807, 2.05) is 13.8 Å². The number of rotatable bonds is 2. The average molecular weight is 281 g/mol. The zero-order valence-electron chi connectivity index (χ0n) is 10.6. The number of fused-ring (bicyclic) bond motifs is 1. The maximum atomic E-state index is 12.1. The summed E-state index contributed by atoms with van der Waals surface area (Å²) in [4.78, 5) is 21.5. The minimum atomic E-state index is -0.483. The Morgan fingerprint density at radius 1 is 1.47 bits per heavy atom. The standard InChI is InChI=1S/C13H13ClN2O3/c1-13(2)6-19-16(12(13)17)5-8-3-11-10(4-9(8)14)15-7-18-11/h3-4,7H,5-6H2,1-2H3. The molecule has 6 heteroatoms. The van der Waals surface area contributed by atoms with E-state index in [9.17, 15) is 4.79 Å². The van der Waals surface area contributed by atoms with Crippen LogP contribution >= 0.6 is 11.6 Å². The number of hydroxylamine groups is 2. The monoisotopic (exact) mass is 280 g/mol. The molecule has 1 aliphatic heterocycles. The second-order valence-corrected chi connectivity index (χ2v) is 5.67. The number of halogens is 1. The fourth-order valence-electron chi connectivity index (χ4n) is 2.01. The Bertz CT molecular complexity index is 650. The summed E-state index contributed by atoms with van der Waals surface area (Å²) in [5.41, 5.74) is 1.63. The van der Waals surface area contributed by atoms with Crippen molar-refractivity contribution >= 4 is 28.6 Å². The van der Waals surface area contributed by atoms with Gasteiger partial charge in [-0.15, -0.1) is 0 Å². The number of hydrogen-bond donors (Lipinski definition) is 0. The first-order valence-corrected chi connectivity index (χ1v) is 6.32. The zero-order valence-corrected chi connectivity index (χ0v) is 11.4. The molecule has 19 heavy (non-hydrogen) atoms. The number of oxazole rings is 1. The van der Waals surface area contributed by atoms with Gasteiger partial charge in [0.1, 0.15) is 5.52 Å². The second kappa shape index (κ2) is 4.21. The molecule has 0 saturated carbocycles. The second-order valence-electron chi connectivity index (χ2n) is 5.26. The van der Waals surface area contributed by atoms with Gasteiger partial charge in [0.05, 0.1) is 18.6 Å². The van der Waals surface area contributed by atoms with Crippen LogP contribution in [0, 0.1) is 5.41 Å². The molecule has 1 aromatic heterocycles. The Balaban J connectivity index is 1.89. The summed E-state index contributed by atoms with van der Waals surface area (Å²) in [6.45, 7) is 4.40. The molecule has 100 valence electrons. The molecule has 0 bridgehead atoms. The van der Waals surface area contributed by atoms with Crippen molar-refractivity contribution in [1.82, 2.24) is 10.0 Å². The van der Waals surface area contributed by atoms with Crippen LogP contribution in [0.15, 0.2) is 22.9 Å². The van der Waals surface area contributed by atoms with Crippen LogP contribution in [0.3, 0.4) is 0 Å². The van der Waals surface area contributed by atoms with Gasteiger partial charge in [-0.3, -0.25) is 9.63 Å². The van der Waals surface area contributed by atoms with E-state index in [0.717, 1.165) is 5.56 Å². The maximum absolute atomic E-state index is 12.1. The van der Waals surface area contributed by atoms with Gasteiger partial charge < -0.3 is 4.42 Å². The first kappa shape index (κ1) is 12.4. The smallest absolute Gasteiger partial charge is 0.254 e. The molecule has 0 spiro atoms.